The predicted molar refractivity (Wildman–Crippen MR) is 60.9 cm³/mol. The second-order valence-electron chi connectivity index (χ2n) is 5.02. The van der Waals surface area contributed by atoms with Crippen LogP contribution in [-0.2, 0) is 33.3 Å². The molecule has 0 radical (unpaired) electrons. The Hall–Kier alpha value is -1.18. The fourth-order valence-corrected chi connectivity index (χ4v) is 2.29. The van der Waals surface area contributed by atoms with E-state index in [0.29, 0.717) is 0 Å². The van der Waals surface area contributed by atoms with Gasteiger partial charge in [0.25, 0.3) is 0 Å². The molecule has 4 atom stereocenters. The van der Waals surface area contributed by atoms with Crippen LogP contribution in [0.1, 0.15) is 27.7 Å². The molecule has 7 heteroatoms. The van der Waals surface area contributed by atoms with Gasteiger partial charge in [-0.15, -0.1) is 0 Å². The standard InChI is InChI=1S/C12H18O7/c1-6(13)16-10-9-8(18-12(3,4)19-9)5-15-11(10)17-7(2)14/h8-11H,5H2,1-4H3/t8-,9-,10+,11?/m0/s1. The van der Waals surface area contributed by atoms with E-state index < -0.39 is 36.2 Å². The van der Waals surface area contributed by atoms with Crippen LogP contribution in [0.3, 0.4) is 0 Å². The molecule has 2 aliphatic rings. The molecule has 0 aromatic carbocycles. The second kappa shape index (κ2) is 5.07. The molecule has 0 amide bonds. The van der Waals surface area contributed by atoms with Gasteiger partial charge < -0.3 is 23.7 Å². The molecule has 0 N–H and O–H groups in total. The van der Waals surface area contributed by atoms with Gasteiger partial charge in [-0.05, 0) is 13.8 Å². The lowest BCUT2D eigenvalue weighted by Gasteiger charge is -2.35. The molecule has 19 heavy (non-hydrogen) atoms. The lowest BCUT2D eigenvalue weighted by Crippen LogP contribution is -2.54. The van der Waals surface area contributed by atoms with Crippen LogP contribution in [0.5, 0.6) is 0 Å². The fourth-order valence-electron chi connectivity index (χ4n) is 2.29. The van der Waals surface area contributed by atoms with Crippen LogP contribution in [0.2, 0.25) is 0 Å². The third-order valence-corrected chi connectivity index (χ3v) is 2.82. The predicted octanol–water partition coefficient (Wildman–Crippen LogP) is 0.358. The largest absolute Gasteiger partial charge is 0.453 e. The van der Waals surface area contributed by atoms with Crippen molar-refractivity contribution in [2.75, 3.05) is 6.61 Å². The van der Waals surface area contributed by atoms with Crippen LogP contribution in [0.15, 0.2) is 0 Å². The minimum atomic E-state index is -0.972. The van der Waals surface area contributed by atoms with Gasteiger partial charge >= 0.3 is 11.9 Å². The zero-order chi connectivity index (χ0) is 14.2. The van der Waals surface area contributed by atoms with Crippen LogP contribution in [0.4, 0.5) is 0 Å². The Balaban J connectivity index is 2.16. The molecule has 0 saturated carbocycles. The van der Waals surface area contributed by atoms with Crippen LogP contribution in [0.25, 0.3) is 0 Å². The first-order valence-electron chi connectivity index (χ1n) is 6.10. The van der Waals surface area contributed by atoms with Crippen molar-refractivity contribution >= 4 is 11.9 Å². The molecule has 2 aliphatic heterocycles. The third kappa shape index (κ3) is 3.23. The maximum Gasteiger partial charge on any atom is 0.305 e. The molecule has 2 saturated heterocycles. The molecule has 2 rings (SSSR count). The summed E-state index contributed by atoms with van der Waals surface area (Å²) in [6, 6.07) is 0. The Morgan fingerprint density at radius 1 is 1.11 bits per heavy atom. The Morgan fingerprint density at radius 3 is 2.32 bits per heavy atom. The zero-order valence-corrected chi connectivity index (χ0v) is 11.4. The van der Waals surface area contributed by atoms with Crippen molar-refractivity contribution in [3.05, 3.63) is 0 Å². The van der Waals surface area contributed by atoms with E-state index in [0.717, 1.165) is 0 Å². The minimum Gasteiger partial charge on any atom is -0.453 e. The average molecular weight is 274 g/mol. The van der Waals surface area contributed by atoms with Crippen LogP contribution >= 0.6 is 0 Å². The quantitative estimate of drug-likeness (QED) is 0.672. The van der Waals surface area contributed by atoms with Crippen LogP contribution in [0, 0.1) is 0 Å². The molecule has 0 aromatic rings. The second-order valence-corrected chi connectivity index (χ2v) is 5.02. The molecule has 0 bridgehead atoms. The van der Waals surface area contributed by atoms with E-state index >= 15 is 0 Å². The van der Waals surface area contributed by atoms with Gasteiger partial charge in [0.15, 0.2) is 11.9 Å². The highest BCUT2D eigenvalue weighted by atomic mass is 16.8. The van der Waals surface area contributed by atoms with E-state index in [1.807, 2.05) is 0 Å². The summed E-state index contributed by atoms with van der Waals surface area (Å²) in [5.74, 6) is -1.80. The lowest BCUT2D eigenvalue weighted by atomic mass is 10.1. The SMILES string of the molecule is CC(=O)OC1OC[C@@H]2OC(C)(C)O[C@@H]2[C@H]1OC(C)=O. The number of carbonyl (C=O) groups excluding carboxylic acids is 2. The smallest absolute Gasteiger partial charge is 0.305 e. The maximum absolute atomic E-state index is 11.2. The summed E-state index contributed by atoms with van der Waals surface area (Å²) in [5.41, 5.74) is 0. The first kappa shape index (κ1) is 14.2. The molecule has 108 valence electrons. The van der Waals surface area contributed by atoms with Crippen molar-refractivity contribution in [3.63, 3.8) is 0 Å². The van der Waals surface area contributed by atoms with E-state index in [-0.39, 0.29) is 12.7 Å². The van der Waals surface area contributed by atoms with Crippen molar-refractivity contribution in [1.82, 2.24) is 0 Å². The third-order valence-electron chi connectivity index (χ3n) is 2.82. The van der Waals surface area contributed by atoms with Crippen molar-refractivity contribution in [2.45, 2.75) is 58.1 Å². The maximum atomic E-state index is 11.2. The highest BCUT2D eigenvalue weighted by molar-refractivity contribution is 5.67. The Bertz CT molecular complexity index is 378. The molecular formula is C12H18O7. The lowest BCUT2D eigenvalue weighted by molar-refractivity contribution is -0.251. The summed E-state index contributed by atoms with van der Waals surface area (Å²) in [6.07, 6.45) is -2.68. The summed E-state index contributed by atoms with van der Waals surface area (Å²) in [6.45, 7) is 6.27. The molecule has 2 fully saturated rings. The summed E-state index contributed by atoms with van der Waals surface area (Å²) in [7, 11) is 0. The zero-order valence-electron chi connectivity index (χ0n) is 11.4. The van der Waals surface area contributed by atoms with Gasteiger partial charge in [-0.25, -0.2) is 0 Å². The normalized spacial score (nSPS) is 36.4. The number of esters is 2. The van der Waals surface area contributed by atoms with Crippen LogP contribution < -0.4 is 0 Å². The van der Waals surface area contributed by atoms with Gasteiger partial charge in [0.1, 0.15) is 12.2 Å². The number of ether oxygens (including phenoxy) is 5. The van der Waals surface area contributed by atoms with Gasteiger partial charge in [-0.1, -0.05) is 0 Å². The van der Waals surface area contributed by atoms with Gasteiger partial charge in [-0.3, -0.25) is 9.59 Å². The molecule has 0 aromatic heterocycles. The van der Waals surface area contributed by atoms with Gasteiger partial charge in [0.05, 0.1) is 6.61 Å². The van der Waals surface area contributed by atoms with E-state index in [4.69, 9.17) is 23.7 Å². The summed E-state index contributed by atoms with van der Waals surface area (Å²) >= 11 is 0. The van der Waals surface area contributed by atoms with Crippen molar-refractivity contribution in [1.29, 1.82) is 0 Å². The minimum absolute atomic E-state index is 0.212. The monoisotopic (exact) mass is 274 g/mol. The van der Waals surface area contributed by atoms with E-state index in [9.17, 15) is 9.59 Å². The van der Waals surface area contributed by atoms with E-state index in [1.54, 1.807) is 13.8 Å². The topological polar surface area (TPSA) is 80.3 Å². The number of carbonyl (C=O) groups is 2. The van der Waals surface area contributed by atoms with Gasteiger partial charge in [-0.2, -0.15) is 0 Å². The first-order chi connectivity index (χ1) is 8.78. The Morgan fingerprint density at radius 2 is 1.74 bits per heavy atom. The average Bonchev–Trinajstić information content (AvgIpc) is 2.55. The molecule has 0 spiro atoms. The summed E-state index contributed by atoms with van der Waals surface area (Å²) < 4.78 is 26.9. The van der Waals surface area contributed by atoms with Gasteiger partial charge in [0.2, 0.25) is 6.29 Å². The number of rotatable bonds is 2. The highest BCUT2D eigenvalue weighted by Gasteiger charge is 2.53. The molecule has 2 heterocycles. The fraction of sp³-hybridized carbons (Fsp3) is 0.833. The first-order valence-corrected chi connectivity index (χ1v) is 6.10. The molecular weight excluding hydrogens is 256 g/mol. The van der Waals surface area contributed by atoms with E-state index in [1.165, 1.54) is 13.8 Å². The number of hydrogen-bond acceptors (Lipinski definition) is 7. The Labute approximate surface area is 111 Å². The van der Waals surface area contributed by atoms with E-state index in [2.05, 4.69) is 0 Å². The summed E-state index contributed by atoms with van der Waals surface area (Å²) in [4.78, 5) is 22.2. The van der Waals surface area contributed by atoms with Crippen molar-refractivity contribution in [2.24, 2.45) is 0 Å². The van der Waals surface area contributed by atoms with Crippen molar-refractivity contribution < 1.29 is 33.3 Å². The van der Waals surface area contributed by atoms with Crippen LogP contribution in [-0.4, -0.2) is 48.9 Å². The number of fused-ring (bicyclic) bond motifs is 1. The van der Waals surface area contributed by atoms with Crippen molar-refractivity contribution in [3.8, 4) is 0 Å². The van der Waals surface area contributed by atoms with Gasteiger partial charge in [0, 0.05) is 13.8 Å². The molecule has 7 nitrogen and oxygen atoms in total. The molecule has 1 unspecified atom stereocenters. The summed E-state index contributed by atoms with van der Waals surface area (Å²) in [5, 5.41) is 0. The molecule has 0 aliphatic carbocycles. The highest BCUT2D eigenvalue weighted by Crippen LogP contribution is 2.36. The Kier molecular flexibility index (Phi) is 3.80. The number of hydrogen-bond donors (Lipinski definition) is 0.